The van der Waals surface area contributed by atoms with Gasteiger partial charge in [-0.2, -0.15) is 0 Å². The highest BCUT2D eigenvalue weighted by Gasteiger charge is 2.17. The number of aromatic nitrogens is 2. The number of benzene rings is 1. The van der Waals surface area contributed by atoms with Crippen LogP contribution in [0.1, 0.15) is 49.2 Å². The molecule has 0 bridgehead atoms. The number of ether oxygens (including phenoxy) is 1. The number of anilines is 1. The Bertz CT molecular complexity index is 681. The number of aryl methyl sites for hydroxylation is 1. The molecule has 130 valence electrons. The Hall–Kier alpha value is -1.79. The van der Waals surface area contributed by atoms with Crippen molar-refractivity contribution < 1.29 is 14.2 Å². The second kappa shape index (κ2) is 8.89. The van der Waals surface area contributed by atoms with Crippen LogP contribution in [-0.2, 0) is 6.42 Å². The monoisotopic (exact) mass is 371 g/mol. The predicted molar refractivity (Wildman–Crippen MR) is 93.1 cm³/mol. The molecule has 2 rings (SSSR count). The molecule has 1 aromatic carbocycles. The van der Waals surface area contributed by atoms with E-state index < -0.39 is 5.91 Å². The maximum absolute atomic E-state index is 12.3. The third kappa shape index (κ3) is 4.61. The van der Waals surface area contributed by atoms with Gasteiger partial charge in [0.05, 0.1) is 16.7 Å². The van der Waals surface area contributed by atoms with Gasteiger partial charge in [-0.15, -0.1) is 0 Å². The number of carbonyl (C=O) groups excluding carboxylic acids is 1. The van der Waals surface area contributed by atoms with E-state index in [0.717, 1.165) is 19.3 Å². The number of hydrogen-bond acceptors (Lipinski definition) is 5. The van der Waals surface area contributed by atoms with Crippen LogP contribution in [0.4, 0.5) is 5.82 Å². The SMILES string of the molecule is CCCCCOc1c(Cl)cc(C(=O)Nc2nonc2CC)cc1Cl. The van der Waals surface area contributed by atoms with Gasteiger partial charge in [0, 0.05) is 5.56 Å². The van der Waals surface area contributed by atoms with Crippen LogP contribution in [0.2, 0.25) is 10.0 Å². The molecule has 0 fully saturated rings. The molecule has 0 radical (unpaired) electrons. The lowest BCUT2D eigenvalue weighted by molar-refractivity contribution is 0.102. The fourth-order valence-electron chi connectivity index (χ4n) is 2.07. The first-order valence-electron chi connectivity index (χ1n) is 7.81. The van der Waals surface area contributed by atoms with Crippen molar-refractivity contribution in [1.29, 1.82) is 0 Å². The molecule has 8 heteroatoms. The first-order valence-corrected chi connectivity index (χ1v) is 8.57. The minimum atomic E-state index is -0.401. The number of nitrogens with zero attached hydrogens (tertiary/aromatic N) is 2. The van der Waals surface area contributed by atoms with Crippen molar-refractivity contribution in [1.82, 2.24) is 10.3 Å². The molecule has 0 unspecified atom stereocenters. The summed E-state index contributed by atoms with van der Waals surface area (Å²) < 4.78 is 10.2. The second-order valence-electron chi connectivity index (χ2n) is 5.19. The molecule has 0 saturated heterocycles. The summed E-state index contributed by atoms with van der Waals surface area (Å²) in [6.07, 6.45) is 3.68. The first kappa shape index (κ1) is 18.5. The molecule has 1 aromatic heterocycles. The maximum atomic E-state index is 12.3. The standard InChI is InChI=1S/C16H19Cl2N3O3/c1-3-5-6-7-23-14-11(17)8-10(9-12(14)18)16(22)19-15-13(4-2)20-24-21-15/h8-9H,3-7H2,1-2H3,(H,19,21,22). The van der Waals surface area contributed by atoms with Crippen molar-refractivity contribution in [3.05, 3.63) is 33.4 Å². The summed E-state index contributed by atoms with van der Waals surface area (Å²) in [5, 5.41) is 10.6. The van der Waals surface area contributed by atoms with Gasteiger partial charge in [0.2, 0.25) is 5.82 Å². The molecule has 0 aliphatic rings. The molecule has 0 atom stereocenters. The van der Waals surface area contributed by atoms with E-state index in [1.165, 1.54) is 12.1 Å². The number of hydrogen-bond donors (Lipinski definition) is 1. The van der Waals surface area contributed by atoms with Gasteiger partial charge < -0.3 is 10.1 Å². The van der Waals surface area contributed by atoms with Crippen LogP contribution in [0.3, 0.4) is 0 Å². The Kier molecular flexibility index (Phi) is 6.87. The van der Waals surface area contributed by atoms with Crippen molar-refractivity contribution in [2.75, 3.05) is 11.9 Å². The summed E-state index contributed by atoms with van der Waals surface area (Å²) in [4.78, 5) is 12.3. The van der Waals surface area contributed by atoms with Crippen molar-refractivity contribution in [2.24, 2.45) is 0 Å². The molecule has 2 aromatic rings. The Morgan fingerprint density at radius 1 is 1.21 bits per heavy atom. The Labute approximate surface area is 150 Å². The van der Waals surface area contributed by atoms with E-state index >= 15 is 0 Å². The average molecular weight is 372 g/mol. The zero-order valence-electron chi connectivity index (χ0n) is 13.6. The number of halogens is 2. The van der Waals surface area contributed by atoms with Crippen LogP contribution in [0.15, 0.2) is 16.8 Å². The summed E-state index contributed by atoms with van der Waals surface area (Å²) in [5.41, 5.74) is 0.868. The summed E-state index contributed by atoms with van der Waals surface area (Å²) in [6.45, 7) is 4.53. The maximum Gasteiger partial charge on any atom is 0.257 e. The van der Waals surface area contributed by atoms with Crippen LogP contribution in [-0.4, -0.2) is 22.8 Å². The largest absolute Gasteiger partial charge is 0.490 e. The summed E-state index contributed by atoms with van der Waals surface area (Å²) in [7, 11) is 0. The molecule has 6 nitrogen and oxygen atoms in total. The first-order chi connectivity index (χ1) is 11.6. The lowest BCUT2D eigenvalue weighted by Crippen LogP contribution is -2.13. The highest BCUT2D eigenvalue weighted by atomic mass is 35.5. The van der Waals surface area contributed by atoms with Gasteiger partial charge in [-0.05, 0) is 30.1 Å². The Morgan fingerprint density at radius 2 is 1.92 bits per heavy atom. The lowest BCUT2D eigenvalue weighted by Gasteiger charge is -2.11. The quantitative estimate of drug-likeness (QED) is 0.676. The fraction of sp³-hybridized carbons (Fsp3) is 0.438. The third-order valence-corrected chi connectivity index (χ3v) is 3.94. The van der Waals surface area contributed by atoms with E-state index in [1.54, 1.807) is 0 Å². The van der Waals surface area contributed by atoms with Crippen molar-refractivity contribution in [3.8, 4) is 5.75 Å². The Morgan fingerprint density at radius 3 is 2.54 bits per heavy atom. The van der Waals surface area contributed by atoms with E-state index in [2.05, 4.69) is 27.2 Å². The van der Waals surface area contributed by atoms with Crippen molar-refractivity contribution in [2.45, 2.75) is 39.5 Å². The Balaban J connectivity index is 2.09. The van der Waals surface area contributed by atoms with Gasteiger partial charge in [0.25, 0.3) is 5.91 Å². The number of carbonyl (C=O) groups is 1. The summed E-state index contributed by atoms with van der Waals surface area (Å²) in [6, 6.07) is 3.02. The van der Waals surface area contributed by atoms with Gasteiger partial charge in [0.1, 0.15) is 5.69 Å². The van der Waals surface area contributed by atoms with Crippen molar-refractivity contribution in [3.63, 3.8) is 0 Å². The fourth-order valence-corrected chi connectivity index (χ4v) is 2.66. The molecule has 0 saturated carbocycles. The second-order valence-corrected chi connectivity index (χ2v) is 6.01. The number of rotatable bonds is 8. The van der Waals surface area contributed by atoms with Gasteiger partial charge >= 0.3 is 0 Å². The minimum absolute atomic E-state index is 0.287. The highest BCUT2D eigenvalue weighted by molar-refractivity contribution is 6.37. The molecule has 1 heterocycles. The van der Waals surface area contributed by atoms with E-state index in [0.29, 0.717) is 30.0 Å². The topological polar surface area (TPSA) is 77.2 Å². The zero-order chi connectivity index (χ0) is 17.5. The number of unbranched alkanes of at least 4 members (excludes halogenated alkanes) is 2. The van der Waals surface area contributed by atoms with Crippen LogP contribution in [0.5, 0.6) is 5.75 Å². The number of nitrogens with one attached hydrogen (secondary N) is 1. The van der Waals surface area contributed by atoms with Crippen molar-refractivity contribution >= 4 is 34.9 Å². The van der Waals surface area contributed by atoms with Crippen LogP contribution >= 0.6 is 23.2 Å². The molecule has 1 amide bonds. The molecular formula is C16H19Cl2N3O3. The average Bonchev–Trinajstić information content (AvgIpc) is 3.00. The van der Waals surface area contributed by atoms with E-state index in [9.17, 15) is 4.79 Å². The number of amides is 1. The highest BCUT2D eigenvalue weighted by Crippen LogP contribution is 2.34. The van der Waals surface area contributed by atoms with Crippen LogP contribution in [0, 0.1) is 0 Å². The van der Waals surface area contributed by atoms with Gasteiger partial charge in [-0.1, -0.05) is 55.0 Å². The van der Waals surface area contributed by atoms with Gasteiger partial charge in [-0.25, -0.2) is 4.63 Å². The molecule has 0 aliphatic carbocycles. The van der Waals surface area contributed by atoms with Gasteiger partial charge in [0.15, 0.2) is 5.75 Å². The van der Waals surface area contributed by atoms with Crippen LogP contribution < -0.4 is 10.1 Å². The normalized spacial score (nSPS) is 10.7. The van der Waals surface area contributed by atoms with E-state index in [1.807, 2.05) is 6.92 Å². The van der Waals surface area contributed by atoms with Crippen LogP contribution in [0.25, 0.3) is 0 Å². The van der Waals surface area contributed by atoms with E-state index in [4.69, 9.17) is 27.9 Å². The summed E-state index contributed by atoms with van der Waals surface area (Å²) in [5.74, 6) is 0.278. The summed E-state index contributed by atoms with van der Waals surface area (Å²) >= 11 is 12.4. The molecular weight excluding hydrogens is 353 g/mol. The molecule has 1 N–H and O–H groups in total. The molecule has 0 aliphatic heterocycles. The predicted octanol–water partition coefficient (Wildman–Crippen LogP) is 4.76. The molecule has 0 spiro atoms. The van der Waals surface area contributed by atoms with E-state index in [-0.39, 0.29) is 15.9 Å². The zero-order valence-corrected chi connectivity index (χ0v) is 15.1. The smallest absolute Gasteiger partial charge is 0.257 e. The van der Waals surface area contributed by atoms with Gasteiger partial charge in [-0.3, -0.25) is 4.79 Å². The minimum Gasteiger partial charge on any atom is -0.490 e. The lowest BCUT2D eigenvalue weighted by atomic mass is 10.2. The molecule has 24 heavy (non-hydrogen) atoms. The third-order valence-electron chi connectivity index (χ3n) is 3.38.